The Morgan fingerprint density at radius 2 is 1.90 bits per heavy atom. The summed E-state index contributed by atoms with van der Waals surface area (Å²) in [7, 11) is 1.71. The summed E-state index contributed by atoms with van der Waals surface area (Å²) in [5.41, 5.74) is -0.337. The number of carbonyl (C=O) groups is 2. The molecule has 21 heavy (non-hydrogen) atoms. The molecule has 0 bridgehead atoms. The Labute approximate surface area is 124 Å². The lowest BCUT2D eigenvalue weighted by Gasteiger charge is -2.31. The van der Waals surface area contributed by atoms with Crippen LogP contribution < -0.4 is 10.2 Å². The molecular weight excluding hydrogens is 272 g/mol. The van der Waals surface area contributed by atoms with E-state index in [0.717, 1.165) is 0 Å². The van der Waals surface area contributed by atoms with Crippen LogP contribution in [-0.2, 0) is 9.59 Å². The molecule has 1 amide bonds. The van der Waals surface area contributed by atoms with Gasteiger partial charge in [-0.1, -0.05) is 20.8 Å². The number of likely N-dealkylation sites (N-methyl/N-ethyl adjacent to an activating group) is 1. The highest BCUT2D eigenvalue weighted by atomic mass is 16.4. The Hall–Kier alpha value is -2.18. The van der Waals surface area contributed by atoms with E-state index in [1.807, 2.05) is 20.8 Å². The highest BCUT2D eigenvalue weighted by Gasteiger charge is 2.28. The van der Waals surface area contributed by atoms with Gasteiger partial charge < -0.3 is 15.3 Å². The number of anilines is 1. The Balaban J connectivity index is 2.64. The first-order valence-electron chi connectivity index (χ1n) is 6.69. The minimum Gasteiger partial charge on any atom is -0.481 e. The van der Waals surface area contributed by atoms with Crippen molar-refractivity contribution in [2.75, 3.05) is 18.5 Å². The van der Waals surface area contributed by atoms with Gasteiger partial charge in [-0.25, -0.2) is 9.97 Å². The van der Waals surface area contributed by atoms with Crippen LogP contribution >= 0.6 is 0 Å². The van der Waals surface area contributed by atoms with Gasteiger partial charge in [0.05, 0.1) is 13.0 Å². The van der Waals surface area contributed by atoms with E-state index in [1.54, 1.807) is 30.4 Å². The van der Waals surface area contributed by atoms with Crippen molar-refractivity contribution in [2.45, 2.75) is 33.2 Å². The Kier molecular flexibility index (Phi) is 5.63. The van der Waals surface area contributed by atoms with Crippen LogP contribution in [0.4, 0.5) is 5.95 Å². The van der Waals surface area contributed by atoms with Crippen molar-refractivity contribution in [3.8, 4) is 0 Å². The third-order valence-corrected chi connectivity index (χ3v) is 3.03. The van der Waals surface area contributed by atoms with Crippen molar-refractivity contribution in [1.82, 2.24) is 15.3 Å². The van der Waals surface area contributed by atoms with Crippen LogP contribution in [0.3, 0.4) is 0 Å². The number of carboxylic acids is 1. The fourth-order valence-corrected chi connectivity index (χ4v) is 1.76. The van der Waals surface area contributed by atoms with Crippen LogP contribution in [0, 0.1) is 5.41 Å². The van der Waals surface area contributed by atoms with Gasteiger partial charge in [0.15, 0.2) is 0 Å². The summed E-state index contributed by atoms with van der Waals surface area (Å²) in [5.74, 6) is -0.751. The zero-order chi connectivity index (χ0) is 16.0. The lowest BCUT2D eigenvalue weighted by molar-refractivity contribution is -0.138. The van der Waals surface area contributed by atoms with Gasteiger partial charge in [-0.15, -0.1) is 0 Å². The zero-order valence-electron chi connectivity index (χ0n) is 12.8. The number of hydrogen-bond acceptors (Lipinski definition) is 5. The number of nitrogens with one attached hydrogen (secondary N) is 1. The molecule has 0 aliphatic rings. The third-order valence-electron chi connectivity index (χ3n) is 3.03. The number of aromatic nitrogens is 2. The maximum atomic E-state index is 12.1. The molecule has 0 fully saturated rings. The molecule has 7 nitrogen and oxygen atoms in total. The molecule has 116 valence electrons. The minimum absolute atomic E-state index is 0.0657. The van der Waals surface area contributed by atoms with Crippen LogP contribution in [0.15, 0.2) is 18.5 Å². The van der Waals surface area contributed by atoms with Crippen LogP contribution in [0.25, 0.3) is 0 Å². The maximum Gasteiger partial charge on any atom is 0.305 e. The van der Waals surface area contributed by atoms with E-state index in [-0.39, 0.29) is 24.3 Å². The first-order valence-corrected chi connectivity index (χ1v) is 6.69. The van der Waals surface area contributed by atoms with Gasteiger partial charge in [0, 0.05) is 25.5 Å². The van der Waals surface area contributed by atoms with Crippen LogP contribution in [-0.4, -0.2) is 46.6 Å². The predicted octanol–water partition coefficient (Wildman–Crippen LogP) is 0.918. The second kappa shape index (κ2) is 7.01. The van der Waals surface area contributed by atoms with Crippen molar-refractivity contribution in [2.24, 2.45) is 5.41 Å². The molecule has 1 rings (SSSR count). The summed E-state index contributed by atoms with van der Waals surface area (Å²) >= 11 is 0. The van der Waals surface area contributed by atoms with E-state index in [9.17, 15) is 9.59 Å². The number of hydrogen-bond donors (Lipinski definition) is 2. The Bertz CT molecular complexity index is 485. The van der Waals surface area contributed by atoms with Crippen molar-refractivity contribution in [3.63, 3.8) is 0 Å². The van der Waals surface area contributed by atoms with E-state index in [0.29, 0.717) is 5.95 Å². The molecule has 0 saturated heterocycles. The molecule has 1 atom stereocenters. The van der Waals surface area contributed by atoms with Crippen LogP contribution in [0.1, 0.15) is 27.2 Å². The fraction of sp³-hybridized carbons (Fsp3) is 0.571. The molecule has 1 aromatic heterocycles. The van der Waals surface area contributed by atoms with Crippen molar-refractivity contribution in [3.05, 3.63) is 18.5 Å². The molecular formula is C14H22N4O3. The largest absolute Gasteiger partial charge is 0.481 e. The van der Waals surface area contributed by atoms with E-state index in [4.69, 9.17) is 5.11 Å². The summed E-state index contributed by atoms with van der Waals surface area (Å²) in [6.45, 7) is 5.75. The second-order valence-corrected chi connectivity index (χ2v) is 5.99. The number of rotatable bonds is 6. The fourth-order valence-electron chi connectivity index (χ4n) is 1.76. The lowest BCUT2D eigenvalue weighted by Crippen LogP contribution is -2.48. The summed E-state index contributed by atoms with van der Waals surface area (Å²) in [6.07, 6.45) is 3.08. The van der Waals surface area contributed by atoms with Gasteiger partial charge in [-0.3, -0.25) is 9.59 Å². The molecule has 0 aliphatic heterocycles. The number of amides is 1. The van der Waals surface area contributed by atoms with Gasteiger partial charge in [0.1, 0.15) is 0 Å². The molecule has 1 unspecified atom stereocenters. The SMILES string of the molecule is CN(CC(=O)NC(CC(=O)O)C(C)(C)C)c1ncccn1. The number of carbonyl (C=O) groups excluding carboxylic acids is 1. The van der Waals surface area contributed by atoms with Gasteiger partial charge in [0.2, 0.25) is 11.9 Å². The van der Waals surface area contributed by atoms with Crippen molar-refractivity contribution < 1.29 is 14.7 Å². The van der Waals surface area contributed by atoms with E-state index in [1.165, 1.54) is 0 Å². The molecule has 7 heteroatoms. The highest BCUT2D eigenvalue weighted by molar-refractivity contribution is 5.81. The van der Waals surface area contributed by atoms with Crippen molar-refractivity contribution >= 4 is 17.8 Å². The van der Waals surface area contributed by atoms with Crippen LogP contribution in [0.5, 0.6) is 0 Å². The molecule has 0 saturated carbocycles. The first kappa shape index (κ1) is 16.9. The molecule has 0 spiro atoms. The van der Waals surface area contributed by atoms with Crippen molar-refractivity contribution in [1.29, 1.82) is 0 Å². The quantitative estimate of drug-likeness (QED) is 0.810. The van der Waals surface area contributed by atoms with Gasteiger partial charge in [-0.05, 0) is 11.5 Å². The highest BCUT2D eigenvalue weighted by Crippen LogP contribution is 2.21. The summed E-state index contributed by atoms with van der Waals surface area (Å²) in [4.78, 5) is 32.7. The Morgan fingerprint density at radius 1 is 1.33 bits per heavy atom. The molecule has 0 aliphatic carbocycles. The monoisotopic (exact) mass is 294 g/mol. The Morgan fingerprint density at radius 3 is 2.38 bits per heavy atom. The number of aliphatic carboxylic acids is 1. The van der Waals surface area contributed by atoms with E-state index < -0.39 is 12.0 Å². The molecule has 2 N–H and O–H groups in total. The molecule has 0 aromatic carbocycles. The summed E-state index contributed by atoms with van der Waals surface area (Å²) in [5, 5.41) is 11.7. The summed E-state index contributed by atoms with van der Waals surface area (Å²) in [6, 6.07) is 1.26. The van der Waals surface area contributed by atoms with Gasteiger partial charge in [0.25, 0.3) is 0 Å². The van der Waals surface area contributed by atoms with Gasteiger partial charge >= 0.3 is 5.97 Å². The predicted molar refractivity (Wildman–Crippen MR) is 78.9 cm³/mol. The number of carboxylic acid groups (broad SMARTS) is 1. The average molecular weight is 294 g/mol. The maximum absolute atomic E-state index is 12.1. The topological polar surface area (TPSA) is 95.4 Å². The lowest BCUT2D eigenvalue weighted by atomic mass is 9.84. The summed E-state index contributed by atoms with van der Waals surface area (Å²) < 4.78 is 0. The second-order valence-electron chi connectivity index (χ2n) is 5.99. The minimum atomic E-state index is -0.935. The van der Waals surface area contributed by atoms with Crippen LogP contribution in [0.2, 0.25) is 0 Å². The molecule has 1 heterocycles. The normalized spacial score (nSPS) is 12.6. The first-order chi connectivity index (χ1) is 9.70. The zero-order valence-corrected chi connectivity index (χ0v) is 12.8. The molecule has 1 aromatic rings. The van der Waals surface area contributed by atoms with Gasteiger partial charge in [-0.2, -0.15) is 0 Å². The third kappa shape index (κ3) is 5.76. The van der Waals surface area contributed by atoms with E-state index in [2.05, 4.69) is 15.3 Å². The molecule has 0 radical (unpaired) electrons. The smallest absolute Gasteiger partial charge is 0.305 e. The number of nitrogens with zero attached hydrogens (tertiary/aromatic N) is 3. The standard InChI is InChI=1S/C14H22N4O3/c1-14(2,3)10(8-12(20)21)17-11(19)9-18(4)13-15-6-5-7-16-13/h5-7,10H,8-9H2,1-4H3,(H,17,19)(H,20,21). The average Bonchev–Trinajstić information content (AvgIpc) is 2.37. The van der Waals surface area contributed by atoms with E-state index >= 15 is 0 Å².